The molecule has 1 saturated heterocycles. The molecule has 4 unspecified atom stereocenters. The summed E-state index contributed by atoms with van der Waals surface area (Å²) in [6.07, 6.45) is 11.3. The van der Waals surface area contributed by atoms with E-state index in [1.54, 1.807) is 0 Å². The van der Waals surface area contributed by atoms with E-state index in [-0.39, 0.29) is 0 Å². The topological polar surface area (TPSA) is 21.3 Å². The Morgan fingerprint density at radius 2 is 1.94 bits per heavy atom. The van der Waals surface area contributed by atoms with E-state index in [0.29, 0.717) is 12.1 Å². The zero-order chi connectivity index (χ0) is 12.8. The summed E-state index contributed by atoms with van der Waals surface area (Å²) in [7, 11) is 0. The van der Waals surface area contributed by atoms with Crippen molar-refractivity contribution < 1.29 is 4.74 Å². The van der Waals surface area contributed by atoms with Gasteiger partial charge in [-0.15, -0.1) is 0 Å². The predicted molar refractivity (Wildman–Crippen MR) is 76.8 cm³/mol. The molecule has 1 aliphatic heterocycles. The monoisotopic (exact) mass is 253 g/mol. The standard InChI is InChI=1S/C16H31NO/c1-3-11-17-16(15-10-7-12-18-15)14-9-6-5-8-13(14)4-2/h13-17H,3-12H2,1-2H3. The summed E-state index contributed by atoms with van der Waals surface area (Å²) in [5.41, 5.74) is 0. The fourth-order valence-electron chi connectivity index (χ4n) is 3.97. The van der Waals surface area contributed by atoms with E-state index in [0.717, 1.165) is 25.0 Å². The average molecular weight is 253 g/mol. The molecule has 18 heavy (non-hydrogen) atoms. The van der Waals surface area contributed by atoms with Gasteiger partial charge in [-0.3, -0.25) is 0 Å². The van der Waals surface area contributed by atoms with Crippen LogP contribution in [0, 0.1) is 11.8 Å². The van der Waals surface area contributed by atoms with E-state index >= 15 is 0 Å². The molecule has 2 nitrogen and oxygen atoms in total. The summed E-state index contributed by atoms with van der Waals surface area (Å²) in [6, 6.07) is 0.623. The first-order valence-electron chi connectivity index (χ1n) is 8.21. The van der Waals surface area contributed by atoms with Crippen molar-refractivity contribution in [1.29, 1.82) is 0 Å². The van der Waals surface area contributed by atoms with Gasteiger partial charge >= 0.3 is 0 Å². The minimum Gasteiger partial charge on any atom is -0.377 e. The van der Waals surface area contributed by atoms with Gasteiger partial charge in [0.25, 0.3) is 0 Å². The predicted octanol–water partition coefficient (Wildman–Crippen LogP) is 3.75. The summed E-state index contributed by atoms with van der Waals surface area (Å²) in [5, 5.41) is 3.82. The van der Waals surface area contributed by atoms with Crippen LogP contribution in [0.1, 0.15) is 65.2 Å². The molecule has 0 aromatic heterocycles. The minimum absolute atomic E-state index is 0.494. The minimum atomic E-state index is 0.494. The van der Waals surface area contributed by atoms with Crippen LogP contribution in [0.3, 0.4) is 0 Å². The van der Waals surface area contributed by atoms with Crippen molar-refractivity contribution in [2.24, 2.45) is 11.8 Å². The lowest BCUT2D eigenvalue weighted by Crippen LogP contribution is -2.48. The summed E-state index contributed by atoms with van der Waals surface area (Å²) in [4.78, 5) is 0. The van der Waals surface area contributed by atoms with Gasteiger partial charge in [-0.2, -0.15) is 0 Å². The Morgan fingerprint density at radius 3 is 2.61 bits per heavy atom. The molecule has 1 aliphatic carbocycles. The van der Waals surface area contributed by atoms with Gasteiger partial charge in [-0.1, -0.05) is 39.5 Å². The third kappa shape index (κ3) is 3.48. The van der Waals surface area contributed by atoms with Crippen LogP contribution in [0.25, 0.3) is 0 Å². The summed E-state index contributed by atoms with van der Waals surface area (Å²) >= 11 is 0. The maximum atomic E-state index is 6.00. The largest absolute Gasteiger partial charge is 0.377 e. The Balaban J connectivity index is 2.00. The highest BCUT2D eigenvalue weighted by molar-refractivity contribution is 4.91. The highest BCUT2D eigenvalue weighted by atomic mass is 16.5. The third-order valence-electron chi connectivity index (χ3n) is 4.95. The molecule has 2 aliphatic rings. The number of hydrogen-bond donors (Lipinski definition) is 1. The highest BCUT2D eigenvalue weighted by Crippen LogP contribution is 2.37. The third-order valence-corrected chi connectivity index (χ3v) is 4.95. The van der Waals surface area contributed by atoms with Crippen LogP contribution in [0.5, 0.6) is 0 Å². The van der Waals surface area contributed by atoms with Gasteiger partial charge in [-0.25, -0.2) is 0 Å². The maximum absolute atomic E-state index is 6.00. The number of hydrogen-bond acceptors (Lipinski definition) is 2. The van der Waals surface area contributed by atoms with Gasteiger partial charge in [0.15, 0.2) is 0 Å². The second-order valence-corrected chi connectivity index (χ2v) is 6.15. The Bertz CT molecular complexity index is 225. The Hall–Kier alpha value is -0.0800. The van der Waals surface area contributed by atoms with Crippen molar-refractivity contribution in [3.8, 4) is 0 Å². The van der Waals surface area contributed by atoms with E-state index in [2.05, 4.69) is 19.2 Å². The van der Waals surface area contributed by atoms with E-state index in [4.69, 9.17) is 4.74 Å². The van der Waals surface area contributed by atoms with Crippen LogP contribution >= 0.6 is 0 Å². The molecule has 1 N–H and O–H groups in total. The second kappa shape index (κ2) is 7.49. The molecular weight excluding hydrogens is 222 g/mol. The quantitative estimate of drug-likeness (QED) is 0.778. The van der Waals surface area contributed by atoms with Crippen LogP contribution in [0.4, 0.5) is 0 Å². The van der Waals surface area contributed by atoms with Crippen molar-refractivity contribution in [1.82, 2.24) is 5.32 Å². The van der Waals surface area contributed by atoms with Gasteiger partial charge < -0.3 is 10.1 Å². The Labute approximate surface area is 113 Å². The van der Waals surface area contributed by atoms with Crippen LogP contribution in [-0.2, 0) is 4.74 Å². The molecule has 2 rings (SSSR count). The first kappa shape index (κ1) is 14.3. The zero-order valence-corrected chi connectivity index (χ0v) is 12.3. The molecule has 106 valence electrons. The normalized spacial score (nSPS) is 34.7. The fourth-order valence-corrected chi connectivity index (χ4v) is 3.97. The zero-order valence-electron chi connectivity index (χ0n) is 12.3. The lowest BCUT2D eigenvalue weighted by molar-refractivity contribution is 0.0324. The highest BCUT2D eigenvalue weighted by Gasteiger charge is 2.36. The molecule has 0 aromatic carbocycles. The van der Waals surface area contributed by atoms with Gasteiger partial charge in [0.1, 0.15) is 0 Å². The Morgan fingerprint density at radius 1 is 1.11 bits per heavy atom. The molecule has 1 saturated carbocycles. The summed E-state index contributed by atoms with van der Waals surface area (Å²) in [5.74, 6) is 1.79. The average Bonchev–Trinajstić information content (AvgIpc) is 2.94. The summed E-state index contributed by atoms with van der Waals surface area (Å²) < 4.78 is 6.00. The van der Waals surface area contributed by atoms with Crippen molar-refractivity contribution in [2.75, 3.05) is 13.2 Å². The van der Waals surface area contributed by atoms with Crippen LogP contribution in [0.15, 0.2) is 0 Å². The number of rotatable bonds is 6. The molecule has 0 aromatic rings. The number of ether oxygens (including phenoxy) is 1. The van der Waals surface area contributed by atoms with Crippen molar-refractivity contribution >= 4 is 0 Å². The lowest BCUT2D eigenvalue weighted by atomic mass is 9.72. The van der Waals surface area contributed by atoms with Gasteiger partial charge in [-0.05, 0) is 44.1 Å². The smallest absolute Gasteiger partial charge is 0.0731 e. The lowest BCUT2D eigenvalue weighted by Gasteiger charge is -2.39. The maximum Gasteiger partial charge on any atom is 0.0731 e. The van der Waals surface area contributed by atoms with Crippen LogP contribution < -0.4 is 5.32 Å². The van der Waals surface area contributed by atoms with E-state index in [1.807, 2.05) is 0 Å². The molecule has 2 fully saturated rings. The van der Waals surface area contributed by atoms with Gasteiger partial charge in [0.05, 0.1) is 6.10 Å². The van der Waals surface area contributed by atoms with Crippen LogP contribution in [-0.4, -0.2) is 25.3 Å². The molecular formula is C16H31NO. The molecule has 1 heterocycles. The second-order valence-electron chi connectivity index (χ2n) is 6.15. The summed E-state index contributed by atoms with van der Waals surface area (Å²) in [6.45, 7) is 6.77. The molecule has 0 radical (unpaired) electrons. The van der Waals surface area contributed by atoms with E-state index < -0.39 is 0 Å². The first-order chi connectivity index (χ1) is 8.86. The van der Waals surface area contributed by atoms with Gasteiger partial charge in [0, 0.05) is 12.6 Å². The van der Waals surface area contributed by atoms with Crippen molar-refractivity contribution in [3.05, 3.63) is 0 Å². The SMILES string of the molecule is CCCNC(C1CCCO1)C1CCCCC1CC. The molecule has 0 spiro atoms. The molecule has 2 heteroatoms. The van der Waals surface area contributed by atoms with E-state index in [9.17, 15) is 0 Å². The molecule has 0 bridgehead atoms. The van der Waals surface area contributed by atoms with Crippen LogP contribution in [0.2, 0.25) is 0 Å². The first-order valence-corrected chi connectivity index (χ1v) is 8.21. The van der Waals surface area contributed by atoms with Gasteiger partial charge in [0.2, 0.25) is 0 Å². The van der Waals surface area contributed by atoms with Crippen molar-refractivity contribution in [3.63, 3.8) is 0 Å². The van der Waals surface area contributed by atoms with E-state index in [1.165, 1.54) is 51.4 Å². The molecule has 0 amide bonds. The fraction of sp³-hybridized carbons (Fsp3) is 1.00. The Kier molecular flexibility index (Phi) is 5.97. The van der Waals surface area contributed by atoms with Crippen molar-refractivity contribution in [2.45, 2.75) is 77.4 Å². The number of nitrogens with one attached hydrogen (secondary N) is 1. The molecule has 4 atom stereocenters.